The maximum atomic E-state index is 12.8. The second-order valence-electron chi connectivity index (χ2n) is 17.4. The molecular weight excluding hydrogens is 793 g/mol. The Labute approximate surface area is 395 Å². The van der Waals surface area contributed by atoms with Crippen LogP contribution >= 0.6 is 0 Å². The summed E-state index contributed by atoms with van der Waals surface area (Å²) < 4.78 is 16.8. The molecule has 0 fully saturated rings. The summed E-state index contributed by atoms with van der Waals surface area (Å²) in [6, 6.07) is 0. The Bertz CT molecular complexity index is 1250. The van der Waals surface area contributed by atoms with E-state index >= 15 is 0 Å². The topological polar surface area (TPSA) is 78.9 Å². The van der Waals surface area contributed by atoms with Crippen LogP contribution in [0.15, 0.2) is 85.1 Å². The third kappa shape index (κ3) is 49.6. The third-order valence-corrected chi connectivity index (χ3v) is 11.1. The standard InChI is InChI=1S/C58H98O6/c1-4-7-10-13-16-19-22-25-27-28-29-30-31-34-36-39-42-45-48-51-57(60)63-54-55(53-62-56(59)50-47-44-41-38-35-32-24-21-18-15-12-9-6-3)64-58(61)52-49-46-43-40-37-33-26-23-20-17-14-11-8-5-2/h7,10,14,16-17,19,23,25-27,29-30,34,36,55H,4-6,8-9,11-13,15,18,20-22,24,28,31-33,35,37-54H2,1-3H3/b10-7-,17-14-,19-16-,26-23-,27-25-,30-29-,36-34-/t55-/m1/s1. The molecule has 366 valence electrons. The molecule has 6 nitrogen and oxygen atoms in total. The van der Waals surface area contributed by atoms with Gasteiger partial charge in [0.15, 0.2) is 6.10 Å². The number of esters is 3. The van der Waals surface area contributed by atoms with Crippen LogP contribution in [0.4, 0.5) is 0 Å². The van der Waals surface area contributed by atoms with Crippen molar-refractivity contribution in [3.05, 3.63) is 85.1 Å². The molecule has 0 bridgehead atoms. The smallest absolute Gasteiger partial charge is 0.306 e. The van der Waals surface area contributed by atoms with Crippen molar-refractivity contribution in [1.82, 2.24) is 0 Å². The van der Waals surface area contributed by atoms with Crippen molar-refractivity contribution in [2.75, 3.05) is 13.2 Å². The van der Waals surface area contributed by atoms with E-state index < -0.39 is 6.10 Å². The number of carbonyl (C=O) groups is 3. The molecule has 0 radical (unpaired) electrons. The van der Waals surface area contributed by atoms with Gasteiger partial charge in [0.05, 0.1) is 0 Å². The van der Waals surface area contributed by atoms with E-state index in [2.05, 4.69) is 106 Å². The largest absolute Gasteiger partial charge is 0.462 e. The van der Waals surface area contributed by atoms with Gasteiger partial charge in [-0.25, -0.2) is 0 Å². The molecule has 0 aliphatic rings. The van der Waals surface area contributed by atoms with Crippen LogP contribution in [0.25, 0.3) is 0 Å². The molecule has 0 unspecified atom stereocenters. The molecule has 0 aliphatic heterocycles. The second-order valence-corrected chi connectivity index (χ2v) is 17.4. The van der Waals surface area contributed by atoms with Crippen LogP contribution in [0.2, 0.25) is 0 Å². The van der Waals surface area contributed by atoms with Gasteiger partial charge in [-0.3, -0.25) is 14.4 Å². The van der Waals surface area contributed by atoms with Gasteiger partial charge in [0.2, 0.25) is 0 Å². The fraction of sp³-hybridized carbons (Fsp3) is 0.707. The quantitative estimate of drug-likeness (QED) is 0.0262. The molecule has 0 saturated heterocycles. The number of allylic oxidation sites excluding steroid dienone is 14. The Hall–Kier alpha value is -3.41. The van der Waals surface area contributed by atoms with Crippen molar-refractivity contribution in [3.63, 3.8) is 0 Å². The van der Waals surface area contributed by atoms with Crippen LogP contribution in [0.1, 0.15) is 245 Å². The first-order valence-electron chi connectivity index (χ1n) is 26.6. The van der Waals surface area contributed by atoms with Crippen molar-refractivity contribution in [3.8, 4) is 0 Å². The van der Waals surface area contributed by atoms with Crippen molar-refractivity contribution >= 4 is 17.9 Å². The Balaban J connectivity index is 4.45. The lowest BCUT2D eigenvalue weighted by Crippen LogP contribution is -2.30. The first-order valence-corrected chi connectivity index (χ1v) is 26.6. The van der Waals surface area contributed by atoms with Gasteiger partial charge in [0, 0.05) is 19.3 Å². The Morgan fingerprint density at radius 3 is 1.02 bits per heavy atom. The van der Waals surface area contributed by atoms with E-state index in [0.717, 1.165) is 122 Å². The SMILES string of the molecule is CC/C=C\C/C=C\C/C=C\C/C=C\C/C=C\CCCCCC(=O)OC[C@@H](COC(=O)CCCCCCCCCCCCCCC)OC(=O)CCCCCCC/C=C\C/C=C\CCCC. The molecule has 0 rings (SSSR count). The Morgan fingerprint density at radius 1 is 0.328 bits per heavy atom. The van der Waals surface area contributed by atoms with E-state index in [1.807, 2.05) is 0 Å². The molecule has 0 saturated carbocycles. The molecule has 0 N–H and O–H groups in total. The summed E-state index contributed by atoms with van der Waals surface area (Å²) in [5.41, 5.74) is 0. The highest BCUT2D eigenvalue weighted by atomic mass is 16.6. The zero-order valence-corrected chi connectivity index (χ0v) is 41.8. The summed E-state index contributed by atoms with van der Waals surface area (Å²) in [7, 11) is 0. The van der Waals surface area contributed by atoms with Crippen LogP contribution in [-0.4, -0.2) is 37.2 Å². The van der Waals surface area contributed by atoms with Gasteiger partial charge in [0.1, 0.15) is 13.2 Å². The number of carbonyl (C=O) groups excluding carboxylic acids is 3. The highest BCUT2D eigenvalue weighted by molar-refractivity contribution is 5.71. The Morgan fingerprint density at radius 2 is 0.625 bits per heavy atom. The zero-order chi connectivity index (χ0) is 46.5. The van der Waals surface area contributed by atoms with E-state index in [9.17, 15) is 14.4 Å². The van der Waals surface area contributed by atoms with Crippen molar-refractivity contribution in [2.24, 2.45) is 0 Å². The van der Waals surface area contributed by atoms with E-state index in [0.29, 0.717) is 19.3 Å². The number of hydrogen-bond donors (Lipinski definition) is 0. The highest BCUT2D eigenvalue weighted by Crippen LogP contribution is 2.14. The summed E-state index contributed by atoms with van der Waals surface area (Å²) in [5.74, 6) is -0.938. The molecule has 0 spiro atoms. The number of unbranched alkanes of at least 4 members (excludes halogenated alkanes) is 22. The first-order chi connectivity index (χ1) is 31.5. The van der Waals surface area contributed by atoms with E-state index in [4.69, 9.17) is 14.2 Å². The van der Waals surface area contributed by atoms with E-state index in [-0.39, 0.29) is 31.1 Å². The van der Waals surface area contributed by atoms with Gasteiger partial charge in [-0.05, 0) is 89.9 Å². The molecule has 6 heteroatoms. The molecule has 0 heterocycles. The lowest BCUT2D eigenvalue weighted by atomic mass is 10.0. The van der Waals surface area contributed by atoms with Crippen LogP contribution in [0.5, 0.6) is 0 Å². The molecule has 0 aromatic heterocycles. The van der Waals surface area contributed by atoms with Crippen molar-refractivity contribution < 1.29 is 28.6 Å². The molecular formula is C58H98O6. The lowest BCUT2D eigenvalue weighted by Gasteiger charge is -2.18. The van der Waals surface area contributed by atoms with Crippen molar-refractivity contribution in [1.29, 1.82) is 0 Å². The van der Waals surface area contributed by atoms with Gasteiger partial charge in [-0.15, -0.1) is 0 Å². The fourth-order valence-corrected chi connectivity index (χ4v) is 7.13. The zero-order valence-electron chi connectivity index (χ0n) is 41.8. The molecule has 0 aromatic carbocycles. The van der Waals surface area contributed by atoms with Crippen LogP contribution in [0.3, 0.4) is 0 Å². The first kappa shape index (κ1) is 60.6. The molecule has 0 amide bonds. The maximum Gasteiger partial charge on any atom is 0.306 e. The van der Waals surface area contributed by atoms with Crippen LogP contribution in [-0.2, 0) is 28.6 Å². The van der Waals surface area contributed by atoms with E-state index in [1.165, 1.54) is 83.5 Å². The van der Waals surface area contributed by atoms with E-state index in [1.54, 1.807) is 0 Å². The van der Waals surface area contributed by atoms with Gasteiger partial charge < -0.3 is 14.2 Å². The van der Waals surface area contributed by atoms with Crippen LogP contribution in [0, 0.1) is 0 Å². The predicted molar refractivity (Wildman–Crippen MR) is 274 cm³/mol. The Kier molecular flexibility index (Phi) is 49.4. The van der Waals surface area contributed by atoms with Gasteiger partial charge >= 0.3 is 17.9 Å². The minimum absolute atomic E-state index is 0.0917. The predicted octanol–water partition coefficient (Wildman–Crippen LogP) is 17.6. The van der Waals surface area contributed by atoms with Gasteiger partial charge in [0.25, 0.3) is 0 Å². The second kappa shape index (κ2) is 52.2. The number of ether oxygens (including phenoxy) is 3. The summed E-state index contributed by atoms with van der Waals surface area (Å²) in [4.78, 5) is 38.0. The van der Waals surface area contributed by atoms with Crippen molar-refractivity contribution in [2.45, 2.75) is 252 Å². The lowest BCUT2D eigenvalue weighted by molar-refractivity contribution is -0.167. The summed E-state index contributed by atoms with van der Waals surface area (Å²) in [6.45, 7) is 6.44. The minimum Gasteiger partial charge on any atom is -0.462 e. The average Bonchev–Trinajstić information content (AvgIpc) is 3.29. The van der Waals surface area contributed by atoms with Gasteiger partial charge in [-0.1, -0.05) is 221 Å². The third-order valence-electron chi connectivity index (χ3n) is 11.1. The number of rotatable bonds is 47. The normalized spacial score (nSPS) is 12.7. The maximum absolute atomic E-state index is 12.8. The minimum atomic E-state index is -0.796. The fourth-order valence-electron chi connectivity index (χ4n) is 7.13. The van der Waals surface area contributed by atoms with Gasteiger partial charge in [-0.2, -0.15) is 0 Å². The summed E-state index contributed by atoms with van der Waals surface area (Å²) >= 11 is 0. The summed E-state index contributed by atoms with van der Waals surface area (Å²) in [6.07, 6.45) is 67.0. The number of hydrogen-bond acceptors (Lipinski definition) is 6. The molecule has 0 aliphatic carbocycles. The molecule has 0 aromatic rings. The monoisotopic (exact) mass is 891 g/mol. The average molecular weight is 891 g/mol. The highest BCUT2D eigenvalue weighted by Gasteiger charge is 2.19. The summed E-state index contributed by atoms with van der Waals surface area (Å²) in [5, 5.41) is 0. The van der Waals surface area contributed by atoms with Crippen LogP contribution < -0.4 is 0 Å². The molecule has 64 heavy (non-hydrogen) atoms. The molecule has 1 atom stereocenters.